The fraction of sp³-hybridized carbons (Fsp3) is 0.353. The number of nitrogens with two attached hydrogens (primary N) is 1. The first-order valence-corrected chi connectivity index (χ1v) is 7.92. The van der Waals surface area contributed by atoms with Crippen molar-refractivity contribution in [3.63, 3.8) is 0 Å². The highest BCUT2D eigenvalue weighted by atomic mass is 32.2. The maximum atomic E-state index is 5.90. The van der Waals surface area contributed by atoms with Gasteiger partial charge in [0.25, 0.3) is 0 Å². The molecule has 2 rings (SSSR count). The smallest absolute Gasteiger partial charge is 0.0995 e. The maximum absolute atomic E-state index is 5.90. The van der Waals surface area contributed by atoms with Gasteiger partial charge in [0.1, 0.15) is 0 Å². The molecule has 0 spiro atoms. The first-order chi connectivity index (χ1) is 9.54. The molecule has 0 aliphatic rings. The Labute approximate surface area is 125 Å². The number of rotatable bonds is 5. The standard InChI is InChI=1S/C17H22N2S/c1-12-7-13(2)9-15(8-12)11-20-17-16(10-14(3)18)5-4-6-19-17/h4-9,14H,10-11,18H2,1-3H3. The van der Waals surface area contributed by atoms with Crippen LogP contribution >= 0.6 is 11.8 Å². The lowest BCUT2D eigenvalue weighted by Gasteiger charge is -2.10. The van der Waals surface area contributed by atoms with Gasteiger partial charge in [0.05, 0.1) is 5.03 Å². The van der Waals surface area contributed by atoms with E-state index in [4.69, 9.17) is 5.73 Å². The second kappa shape index (κ2) is 6.91. The Hall–Kier alpha value is -1.32. The van der Waals surface area contributed by atoms with Crippen LogP contribution in [-0.4, -0.2) is 11.0 Å². The van der Waals surface area contributed by atoms with Crippen molar-refractivity contribution in [2.24, 2.45) is 5.73 Å². The van der Waals surface area contributed by atoms with Gasteiger partial charge in [-0.15, -0.1) is 11.8 Å². The van der Waals surface area contributed by atoms with E-state index in [-0.39, 0.29) is 6.04 Å². The highest BCUT2D eigenvalue weighted by Crippen LogP contribution is 2.25. The molecule has 1 heterocycles. The molecule has 2 nitrogen and oxygen atoms in total. The highest BCUT2D eigenvalue weighted by Gasteiger charge is 2.07. The molecule has 1 unspecified atom stereocenters. The zero-order chi connectivity index (χ0) is 14.5. The average Bonchev–Trinajstić information content (AvgIpc) is 2.36. The van der Waals surface area contributed by atoms with Crippen LogP contribution < -0.4 is 5.73 Å². The van der Waals surface area contributed by atoms with Gasteiger partial charge in [-0.2, -0.15) is 0 Å². The molecule has 1 aromatic carbocycles. The number of thioether (sulfide) groups is 1. The van der Waals surface area contributed by atoms with Crippen LogP contribution in [0.15, 0.2) is 41.6 Å². The zero-order valence-corrected chi connectivity index (χ0v) is 13.2. The third-order valence-corrected chi connectivity index (χ3v) is 4.17. The Balaban J connectivity index is 2.10. The maximum Gasteiger partial charge on any atom is 0.0995 e. The van der Waals surface area contributed by atoms with Gasteiger partial charge in [0.15, 0.2) is 0 Å². The van der Waals surface area contributed by atoms with Gasteiger partial charge in [-0.1, -0.05) is 35.4 Å². The molecule has 106 valence electrons. The van der Waals surface area contributed by atoms with Crippen molar-refractivity contribution in [3.8, 4) is 0 Å². The van der Waals surface area contributed by atoms with Gasteiger partial charge in [-0.25, -0.2) is 4.98 Å². The summed E-state index contributed by atoms with van der Waals surface area (Å²) in [6, 6.07) is 11.0. The molecule has 2 N–H and O–H groups in total. The molecule has 20 heavy (non-hydrogen) atoms. The zero-order valence-electron chi connectivity index (χ0n) is 12.4. The fourth-order valence-corrected chi connectivity index (χ4v) is 3.30. The molecule has 0 bridgehead atoms. The topological polar surface area (TPSA) is 38.9 Å². The molecule has 0 aliphatic heterocycles. The van der Waals surface area contributed by atoms with Gasteiger partial charge in [-0.3, -0.25) is 0 Å². The summed E-state index contributed by atoms with van der Waals surface area (Å²) in [6.07, 6.45) is 2.73. The fourth-order valence-electron chi connectivity index (χ4n) is 2.36. The molecular weight excluding hydrogens is 264 g/mol. The molecule has 0 radical (unpaired) electrons. The van der Waals surface area contributed by atoms with Gasteiger partial charge in [0, 0.05) is 18.0 Å². The van der Waals surface area contributed by atoms with Crippen LogP contribution in [0, 0.1) is 13.8 Å². The van der Waals surface area contributed by atoms with Gasteiger partial charge < -0.3 is 5.73 Å². The minimum Gasteiger partial charge on any atom is -0.328 e. The van der Waals surface area contributed by atoms with Crippen molar-refractivity contribution in [2.75, 3.05) is 0 Å². The van der Waals surface area contributed by atoms with E-state index in [0.717, 1.165) is 17.2 Å². The number of aryl methyl sites for hydroxylation is 2. The van der Waals surface area contributed by atoms with Crippen LogP contribution in [0.1, 0.15) is 29.2 Å². The summed E-state index contributed by atoms with van der Waals surface area (Å²) in [5.74, 6) is 0.950. The van der Waals surface area contributed by atoms with E-state index < -0.39 is 0 Å². The summed E-state index contributed by atoms with van der Waals surface area (Å²) in [7, 11) is 0. The normalized spacial score (nSPS) is 12.4. The van der Waals surface area contributed by atoms with Crippen LogP contribution in [-0.2, 0) is 12.2 Å². The molecule has 1 atom stereocenters. The van der Waals surface area contributed by atoms with E-state index in [2.05, 4.69) is 43.1 Å². The summed E-state index contributed by atoms with van der Waals surface area (Å²) in [5.41, 5.74) is 11.1. The minimum atomic E-state index is 0.166. The van der Waals surface area contributed by atoms with E-state index in [9.17, 15) is 0 Å². The Morgan fingerprint density at radius 1 is 1.20 bits per heavy atom. The van der Waals surface area contributed by atoms with Crippen LogP contribution in [0.4, 0.5) is 0 Å². The summed E-state index contributed by atoms with van der Waals surface area (Å²) in [4.78, 5) is 4.50. The predicted molar refractivity (Wildman–Crippen MR) is 87.1 cm³/mol. The van der Waals surface area contributed by atoms with Gasteiger partial charge in [0.2, 0.25) is 0 Å². The molecule has 0 saturated heterocycles. The lowest BCUT2D eigenvalue weighted by molar-refractivity contribution is 0.722. The second-order valence-electron chi connectivity index (χ2n) is 5.43. The van der Waals surface area contributed by atoms with Crippen molar-refractivity contribution in [2.45, 2.75) is 44.0 Å². The van der Waals surface area contributed by atoms with E-state index in [1.807, 2.05) is 19.2 Å². The Kier molecular flexibility index (Phi) is 5.21. The van der Waals surface area contributed by atoms with E-state index in [1.54, 1.807) is 11.8 Å². The Bertz CT molecular complexity index is 559. The summed E-state index contributed by atoms with van der Waals surface area (Å²) in [6.45, 7) is 6.32. The Morgan fingerprint density at radius 3 is 2.55 bits per heavy atom. The molecule has 0 fully saturated rings. The van der Waals surface area contributed by atoms with Gasteiger partial charge >= 0.3 is 0 Å². The van der Waals surface area contributed by atoms with Crippen molar-refractivity contribution >= 4 is 11.8 Å². The van der Waals surface area contributed by atoms with Gasteiger partial charge in [-0.05, 0) is 44.4 Å². The van der Waals surface area contributed by atoms with E-state index in [0.29, 0.717) is 0 Å². The second-order valence-corrected chi connectivity index (χ2v) is 6.40. The van der Waals surface area contributed by atoms with Crippen molar-refractivity contribution in [3.05, 3.63) is 58.8 Å². The van der Waals surface area contributed by atoms with Crippen LogP contribution in [0.3, 0.4) is 0 Å². The number of benzene rings is 1. The predicted octanol–water partition coefficient (Wildman–Crippen LogP) is 3.88. The molecule has 0 amide bonds. The average molecular weight is 286 g/mol. The van der Waals surface area contributed by atoms with Crippen molar-refractivity contribution in [1.29, 1.82) is 0 Å². The molecule has 3 heteroatoms. The number of nitrogens with zero attached hydrogens (tertiary/aromatic N) is 1. The third-order valence-electron chi connectivity index (χ3n) is 3.05. The van der Waals surface area contributed by atoms with E-state index in [1.165, 1.54) is 22.3 Å². The third kappa shape index (κ3) is 4.36. The molecule has 2 aromatic rings. The summed E-state index contributed by atoms with van der Waals surface area (Å²) < 4.78 is 0. The van der Waals surface area contributed by atoms with E-state index >= 15 is 0 Å². The van der Waals surface area contributed by atoms with Crippen molar-refractivity contribution < 1.29 is 0 Å². The lowest BCUT2D eigenvalue weighted by atomic mass is 10.1. The largest absolute Gasteiger partial charge is 0.328 e. The molecular formula is C17H22N2S. The first kappa shape index (κ1) is 15.1. The van der Waals surface area contributed by atoms with Crippen LogP contribution in [0.2, 0.25) is 0 Å². The molecule has 1 aromatic heterocycles. The lowest BCUT2D eigenvalue weighted by Crippen LogP contribution is -2.18. The highest BCUT2D eigenvalue weighted by molar-refractivity contribution is 7.98. The monoisotopic (exact) mass is 286 g/mol. The number of aromatic nitrogens is 1. The number of pyridine rings is 1. The molecule has 0 aliphatic carbocycles. The minimum absolute atomic E-state index is 0.166. The Morgan fingerprint density at radius 2 is 1.90 bits per heavy atom. The van der Waals surface area contributed by atoms with Crippen LogP contribution in [0.25, 0.3) is 0 Å². The SMILES string of the molecule is Cc1cc(C)cc(CSc2ncccc2CC(C)N)c1. The summed E-state index contributed by atoms with van der Waals surface area (Å²) >= 11 is 1.79. The quantitative estimate of drug-likeness (QED) is 0.848. The number of hydrogen-bond donors (Lipinski definition) is 1. The molecule has 0 saturated carbocycles. The van der Waals surface area contributed by atoms with Crippen molar-refractivity contribution in [1.82, 2.24) is 4.98 Å². The number of hydrogen-bond acceptors (Lipinski definition) is 3. The first-order valence-electron chi connectivity index (χ1n) is 6.94. The summed E-state index contributed by atoms with van der Waals surface area (Å²) in [5, 5.41) is 1.10. The van der Waals surface area contributed by atoms with Crippen LogP contribution in [0.5, 0.6) is 0 Å².